The number of aromatic carboxylic acids is 2. The van der Waals surface area contributed by atoms with Crippen molar-refractivity contribution in [2.75, 3.05) is 5.32 Å². The summed E-state index contributed by atoms with van der Waals surface area (Å²) in [7, 11) is 1.74. The van der Waals surface area contributed by atoms with E-state index >= 15 is 0 Å². The van der Waals surface area contributed by atoms with E-state index in [0.717, 1.165) is 16.7 Å². The van der Waals surface area contributed by atoms with Crippen molar-refractivity contribution in [3.8, 4) is 0 Å². The molecule has 1 unspecified atom stereocenters. The summed E-state index contributed by atoms with van der Waals surface area (Å²) in [5, 5.41) is 29.2. The molecule has 2 atom stereocenters. The third-order valence-corrected chi connectivity index (χ3v) is 6.62. The van der Waals surface area contributed by atoms with Gasteiger partial charge in [-0.25, -0.2) is 19.6 Å². The van der Waals surface area contributed by atoms with Crippen LogP contribution in [0.25, 0.3) is 11.0 Å². The molecular weight excluding hydrogens is 476 g/mol. The van der Waals surface area contributed by atoms with Crippen molar-refractivity contribution in [2.45, 2.75) is 31.8 Å². The van der Waals surface area contributed by atoms with E-state index in [9.17, 15) is 19.5 Å². The second-order valence-corrected chi connectivity index (χ2v) is 8.97. The zero-order valence-electron chi connectivity index (χ0n) is 20.1. The first-order chi connectivity index (χ1) is 17.7. The molecule has 2 heterocycles. The molecule has 0 spiro atoms. The van der Waals surface area contributed by atoms with E-state index in [1.54, 1.807) is 54.2 Å². The first-order valence-corrected chi connectivity index (χ1v) is 11.7. The molecule has 0 fully saturated rings. The minimum absolute atomic E-state index is 0.141. The van der Waals surface area contributed by atoms with Gasteiger partial charge in [0.2, 0.25) is 0 Å². The SMILES string of the molecule is CC(Nc1c2ncnc(C(=O)N[C@H]3CCc4cc(C(=O)O)ccc43)c2nn1C)c1ccc(C(=O)O)cc1. The van der Waals surface area contributed by atoms with Crippen LogP contribution in [-0.2, 0) is 13.5 Å². The Hall–Kier alpha value is -4.80. The van der Waals surface area contributed by atoms with Crippen LogP contribution < -0.4 is 10.6 Å². The van der Waals surface area contributed by atoms with Crippen LogP contribution in [0.3, 0.4) is 0 Å². The number of carboxylic acid groups (broad SMARTS) is 2. The van der Waals surface area contributed by atoms with Gasteiger partial charge in [0, 0.05) is 7.05 Å². The number of rotatable bonds is 7. The van der Waals surface area contributed by atoms with Crippen LogP contribution in [0.5, 0.6) is 0 Å². The van der Waals surface area contributed by atoms with E-state index in [0.29, 0.717) is 29.7 Å². The normalized spacial score (nSPS) is 15.2. The molecule has 4 aromatic rings. The highest BCUT2D eigenvalue weighted by Gasteiger charge is 2.27. The Bertz CT molecular complexity index is 1550. The number of amides is 1. The summed E-state index contributed by atoms with van der Waals surface area (Å²) in [4.78, 5) is 44.2. The van der Waals surface area contributed by atoms with Gasteiger partial charge in [0.1, 0.15) is 17.4 Å². The van der Waals surface area contributed by atoms with Crippen molar-refractivity contribution in [3.63, 3.8) is 0 Å². The van der Waals surface area contributed by atoms with Crippen molar-refractivity contribution in [2.24, 2.45) is 7.05 Å². The number of aryl methyl sites for hydroxylation is 2. The maximum atomic E-state index is 13.2. The van der Waals surface area contributed by atoms with Gasteiger partial charge in [0.05, 0.1) is 23.2 Å². The van der Waals surface area contributed by atoms with Gasteiger partial charge in [-0.15, -0.1) is 0 Å². The average Bonchev–Trinajstić information content (AvgIpc) is 3.43. The van der Waals surface area contributed by atoms with Crippen LogP contribution in [0.2, 0.25) is 0 Å². The smallest absolute Gasteiger partial charge is 0.335 e. The van der Waals surface area contributed by atoms with Gasteiger partial charge in [-0.05, 0) is 60.7 Å². The van der Waals surface area contributed by atoms with E-state index in [1.165, 1.54) is 6.33 Å². The number of hydrogen-bond donors (Lipinski definition) is 4. The summed E-state index contributed by atoms with van der Waals surface area (Å²) in [6.45, 7) is 1.93. The Balaban J connectivity index is 1.38. The number of fused-ring (bicyclic) bond motifs is 2. The van der Waals surface area contributed by atoms with Crippen LogP contribution in [-0.4, -0.2) is 47.8 Å². The standard InChI is InChI=1S/C26H24N6O5/c1-13(14-3-5-15(6-4-14)25(34)35)29-23-21-20(31-32(23)2)22(28-12-27-21)24(33)30-19-10-8-16-11-17(26(36)37)7-9-18(16)19/h3-7,9,11-13,19,29H,8,10H2,1-2H3,(H,30,33)(H,34,35)(H,36,37)/t13?,19-/m0/s1. The molecule has 0 saturated carbocycles. The van der Waals surface area contributed by atoms with Crippen molar-refractivity contribution >= 4 is 34.7 Å². The molecule has 2 aromatic heterocycles. The molecule has 0 saturated heterocycles. The van der Waals surface area contributed by atoms with Gasteiger partial charge in [0.25, 0.3) is 5.91 Å². The Morgan fingerprint density at radius 1 is 1.00 bits per heavy atom. The molecule has 0 bridgehead atoms. The Kier molecular flexibility index (Phi) is 6.04. The number of nitrogens with zero attached hydrogens (tertiary/aromatic N) is 4. The number of nitrogens with one attached hydrogen (secondary N) is 2. The summed E-state index contributed by atoms with van der Waals surface area (Å²) < 4.78 is 1.59. The fourth-order valence-electron chi connectivity index (χ4n) is 4.66. The molecule has 1 amide bonds. The predicted molar refractivity (Wildman–Crippen MR) is 134 cm³/mol. The van der Waals surface area contributed by atoms with Crippen LogP contribution >= 0.6 is 0 Å². The molecule has 11 heteroatoms. The quantitative estimate of drug-likeness (QED) is 0.298. The molecule has 2 aromatic carbocycles. The van der Waals surface area contributed by atoms with Gasteiger partial charge < -0.3 is 20.8 Å². The third kappa shape index (κ3) is 4.46. The van der Waals surface area contributed by atoms with E-state index in [4.69, 9.17) is 5.11 Å². The molecule has 5 rings (SSSR count). The molecule has 37 heavy (non-hydrogen) atoms. The third-order valence-electron chi connectivity index (χ3n) is 6.62. The molecule has 0 aliphatic heterocycles. The second-order valence-electron chi connectivity index (χ2n) is 8.97. The van der Waals surface area contributed by atoms with Crippen LogP contribution in [0.1, 0.15) is 73.3 Å². The monoisotopic (exact) mass is 500 g/mol. The number of hydrogen-bond acceptors (Lipinski definition) is 7. The summed E-state index contributed by atoms with van der Waals surface area (Å²) in [6, 6.07) is 11.1. The minimum Gasteiger partial charge on any atom is -0.478 e. The maximum absolute atomic E-state index is 13.2. The zero-order chi connectivity index (χ0) is 26.3. The number of anilines is 1. The average molecular weight is 501 g/mol. The molecule has 4 N–H and O–H groups in total. The molecule has 0 radical (unpaired) electrons. The molecular formula is C26H24N6O5. The first-order valence-electron chi connectivity index (χ1n) is 11.7. The Labute approximate surface area is 211 Å². The maximum Gasteiger partial charge on any atom is 0.335 e. The number of carbonyl (C=O) groups excluding carboxylic acids is 1. The summed E-state index contributed by atoms with van der Waals surface area (Å²) >= 11 is 0. The number of benzene rings is 2. The lowest BCUT2D eigenvalue weighted by Gasteiger charge is -2.16. The first kappa shape index (κ1) is 23.9. The molecule has 11 nitrogen and oxygen atoms in total. The molecule has 1 aliphatic rings. The predicted octanol–water partition coefficient (Wildman–Crippen LogP) is 3.35. The van der Waals surface area contributed by atoms with Gasteiger partial charge in [-0.1, -0.05) is 18.2 Å². The topological polar surface area (TPSA) is 159 Å². The summed E-state index contributed by atoms with van der Waals surface area (Å²) in [5.74, 6) is -1.77. The van der Waals surface area contributed by atoms with Crippen molar-refractivity contribution in [1.29, 1.82) is 0 Å². The highest BCUT2D eigenvalue weighted by molar-refractivity contribution is 6.05. The summed E-state index contributed by atoms with van der Waals surface area (Å²) in [6.07, 6.45) is 2.65. The second kappa shape index (κ2) is 9.34. The number of aromatic nitrogens is 4. The number of carboxylic acids is 2. The Morgan fingerprint density at radius 3 is 2.41 bits per heavy atom. The highest BCUT2D eigenvalue weighted by Crippen LogP contribution is 2.33. The minimum atomic E-state index is -0.988. The largest absolute Gasteiger partial charge is 0.478 e. The van der Waals surface area contributed by atoms with E-state index in [-0.39, 0.29) is 28.9 Å². The number of carbonyl (C=O) groups is 3. The lowest BCUT2D eigenvalue weighted by molar-refractivity contribution is 0.0686. The zero-order valence-corrected chi connectivity index (χ0v) is 20.1. The van der Waals surface area contributed by atoms with Crippen molar-refractivity contribution in [1.82, 2.24) is 25.1 Å². The van der Waals surface area contributed by atoms with E-state index < -0.39 is 17.8 Å². The van der Waals surface area contributed by atoms with Gasteiger partial charge in [-0.2, -0.15) is 5.10 Å². The molecule has 1 aliphatic carbocycles. The van der Waals surface area contributed by atoms with Crippen LogP contribution in [0, 0.1) is 0 Å². The van der Waals surface area contributed by atoms with Crippen LogP contribution in [0.15, 0.2) is 48.8 Å². The van der Waals surface area contributed by atoms with E-state index in [2.05, 4.69) is 25.7 Å². The lowest BCUT2D eigenvalue weighted by Crippen LogP contribution is -2.28. The Morgan fingerprint density at radius 2 is 1.70 bits per heavy atom. The van der Waals surface area contributed by atoms with Crippen molar-refractivity contribution < 1.29 is 24.6 Å². The van der Waals surface area contributed by atoms with Gasteiger partial charge in [-0.3, -0.25) is 9.48 Å². The van der Waals surface area contributed by atoms with Crippen molar-refractivity contribution in [3.05, 3.63) is 82.3 Å². The van der Waals surface area contributed by atoms with E-state index in [1.807, 2.05) is 6.92 Å². The fourth-order valence-corrected chi connectivity index (χ4v) is 4.66. The lowest BCUT2D eigenvalue weighted by atomic mass is 10.0. The van der Waals surface area contributed by atoms with Gasteiger partial charge >= 0.3 is 11.9 Å². The highest BCUT2D eigenvalue weighted by atomic mass is 16.4. The fraction of sp³-hybridized carbons (Fsp3) is 0.231. The summed E-state index contributed by atoms with van der Waals surface area (Å²) in [5.41, 5.74) is 4.08. The van der Waals surface area contributed by atoms with Gasteiger partial charge in [0.15, 0.2) is 11.5 Å². The van der Waals surface area contributed by atoms with Crippen LogP contribution in [0.4, 0.5) is 5.82 Å². The molecule has 188 valence electrons.